The molecule has 168 valence electrons. The number of benzene rings is 1. The Bertz CT molecular complexity index is 900. The number of thiocarbonyl (C=S) groups is 1. The molecule has 1 atom stereocenters. The summed E-state index contributed by atoms with van der Waals surface area (Å²) in [5, 5.41) is 0. The first-order chi connectivity index (χ1) is 14.9. The van der Waals surface area contributed by atoms with Gasteiger partial charge in [0.25, 0.3) is 11.8 Å². The summed E-state index contributed by atoms with van der Waals surface area (Å²) in [6.45, 7) is 7.80. The van der Waals surface area contributed by atoms with Crippen molar-refractivity contribution in [1.29, 1.82) is 0 Å². The molecule has 1 aromatic carbocycles. The van der Waals surface area contributed by atoms with Gasteiger partial charge in [0.05, 0.1) is 16.2 Å². The average Bonchev–Trinajstić information content (AvgIpc) is 3.17. The Morgan fingerprint density at radius 2 is 1.77 bits per heavy atom. The highest BCUT2D eigenvalue weighted by Crippen LogP contribution is 2.45. The summed E-state index contributed by atoms with van der Waals surface area (Å²) >= 11 is 10.4. The summed E-state index contributed by atoms with van der Waals surface area (Å²) < 4.78 is 1.46. The summed E-state index contributed by atoms with van der Waals surface area (Å²) in [4.78, 5) is 30.9. The second-order valence-corrected chi connectivity index (χ2v) is 10.8. The largest absolute Gasteiger partial charge is 0.308 e. The smallest absolute Gasteiger partial charge is 0.267 e. The summed E-state index contributed by atoms with van der Waals surface area (Å²) in [6, 6.07) is 5.87. The molecular weight excluding hydrogens is 492 g/mol. The molecule has 7 heteroatoms. The van der Waals surface area contributed by atoms with Crippen molar-refractivity contribution in [3.05, 3.63) is 33.1 Å². The van der Waals surface area contributed by atoms with E-state index >= 15 is 0 Å². The van der Waals surface area contributed by atoms with Crippen molar-refractivity contribution in [2.45, 2.75) is 65.7 Å². The first-order valence-corrected chi connectivity index (χ1v) is 13.3. The predicted molar refractivity (Wildman–Crippen MR) is 138 cm³/mol. The molecule has 0 aromatic heterocycles. The van der Waals surface area contributed by atoms with Crippen LogP contribution in [0, 0.1) is 5.92 Å². The van der Waals surface area contributed by atoms with Gasteiger partial charge >= 0.3 is 0 Å². The van der Waals surface area contributed by atoms with E-state index < -0.39 is 0 Å². The van der Waals surface area contributed by atoms with Crippen LogP contribution in [0.25, 0.3) is 5.57 Å². The molecule has 2 heterocycles. The minimum Gasteiger partial charge on any atom is -0.308 e. The molecule has 0 bridgehead atoms. The summed E-state index contributed by atoms with van der Waals surface area (Å²) in [5.41, 5.74) is 2.22. The van der Waals surface area contributed by atoms with Crippen LogP contribution < -0.4 is 4.90 Å². The van der Waals surface area contributed by atoms with Crippen molar-refractivity contribution >= 4 is 67.3 Å². The van der Waals surface area contributed by atoms with E-state index in [1.54, 1.807) is 4.90 Å². The highest BCUT2D eigenvalue weighted by molar-refractivity contribution is 9.10. The summed E-state index contributed by atoms with van der Waals surface area (Å²) in [7, 11) is 0. The maximum atomic E-state index is 13.5. The number of halogens is 1. The van der Waals surface area contributed by atoms with Gasteiger partial charge in [0.15, 0.2) is 0 Å². The number of anilines is 1. The van der Waals surface area contributed by atoms with E-state index in [2.05, 4.69) is 36.7 Å². The molecule has 0 saturated carbocycles. The Kier molecular flexibility index (Phi) is 8.76. The van der Waals surface area contributed by atoms with Gasteiger partial charge < -0.3 is 4.90 Å². The Morgan fingerprint density at radius 1 is 1.03 bits per heavy atom. The first-order valence-electron chi connectivity index (χ1n) is 11.3. The number of carbonyl (C=O) groups excluding carboxylic acids is 2. The highest BCUT2D eigenvalue weighted by Gasteiger charge is 2.42. The second kappa shape index (κ2) is 11.1. The lowest BCUT2D eigenvalue weighted by atomic mass is 9.98. The summed E-state index contributed by atoms with van der Waals surface area (Å²) in [6.07, 6.45) is 7.52. The number of amides is 2. The maximum absolute atomic E-state index is 13.5. The molecule has 4 nitrogen and oxygen atoms in total. The molecule has 0 aliphatic carbocycles. The van der Waals surface area contributed by atoms with Gasteiger partial charge in [-0.3, -0.25) is 14.5 Å². The number of nitrogens with zero attached hydrogens (tertiary/aromatic N) is 2. The minimum atomic E-state index is -0.116. The van der Waals surface area contributed by atoms with Crippen molar-refractivity contribution in [3.63, 3.8) is 0 Å². The van der Waals surface area contributed by atoms with Crippen molar-refractivity contribution in [1.82, 2.24) is 4.90 Å². The van der Waals surface area contributed by atoms with Crippen LogP contribution in [-0.2, 0) is 9.59 Å². The molecule has 0 N–H and O–H groups in total. The van der Waals surface area contributed by atoms with Crippen LogP contribution in [0.3, 0.4) is 0 Å². The number of hydrogen-bond donors (Lipinski definition) is 0. The fourth-order valence-electron chi connectivity index (χ4n) is 4.15. The lowest BCUT2D eigenvalue weighted by molar-refractivity contribution is -0.123. The van der Waals surface area contributed by atoms with Crippen molar-refractivity contribution in [2.24, 2.45) is 5.92 Å². The standard InChI is InChI=1S/C24H31BrN2O2S2/c1-4-7-9-13-26-19-12-11-17(25)14-18(19)20(22(26)28)21-23(29)27(24(30)31-21)15-16(6-3)10-8-5-2/h11-12,14,16H,4-10,13,15H2,1-3H3. The highest BCUT2D eigenvalue weighted by atomic mass is 79.9. The van der Waals surface area contributed by atoms with Gasteiger partial charge in [0.2, 0.25) is 0 Å². The van der Waals surface area contributed by atoms with Crippen molar-refractivity contribution in [3.8, 4) is 0 Å². The third kappa shape index (κ3) is 5.25. The van der Waals surface area contributed by atoms with Crippen LogP contribution in [0.2, 0.25) is 0 Å². The zero-order chi connectivity index (χ0) is 22.5. The lowest BCUT2D eigenvalue weighted by Gasteiger charge is -2.21. The average molecular weight is 524 g/mol. The summed E-state index contributed by atoms with van der Waals surface area (Å²) in [5.74, 6) is 0.232. The van der Waals surface area contributed by atoms with Crippen molar-refractivity contribution < 1.29 is 9.59 Å². The Morgan fingerprint density at radius 3 is 2.45 bits per heavy atom. The molecule has 2 aliphatic rings. The SMILES string of the molecule is CCCCCN1C(=O)C(=C2SC(=S)N(CC(CC)CCCC)C2=O)c2cc(Br)ccc21. The monoisotopic (exact) mass is 522 g/mol. The van der Waals surface area contributed by atoms with Crippen LogP contribution >= 0.6 is 39.9 Å². The van der Waals surface area contributed by atoms with E-state index in [1.165, 1.54) is 11.8 Å². The number of rotatable bonds is 10. The van der Waals surface area contributed by atoms with E-state index in [4.69, 9.17) is 12.2 Å². The van der Waals surface area contributed by atoms with E-state index in [0.29, 0.717) is 33.8 Å². The number of unbranched alkanes of at least 4 members (excludes halogenated alkanes) is 3. The normalized spacial score (nSPS) is 19.5. The molecule has 0 radical (unpaired) electrons. The predicted octanol–water partition coefficient (Wildman–Crippen LogP) is 6.77. The van der Waals surface area contributed by atoms with Gasteiger partial charge in [-0.15, -0.1) is 0 Å². The Labute approximate surface area is 203 Å². The molecule has 1 saturated heterocycles. The quantitative estimate of drug-likeness (QED) is 0.193. The van der Waals surface area contributed by atoms with Gasteiger partial charge in [-0.2, -0.15) is 0 Å². The second-order valence-electron chi connectivity index (χ2n) is 8.23. The van der Waals surface area contributed by atoms with E-state index in [-0.39, 0.29) is 11.8 Å². The van der Waals surface area contributed by atoms with E-state index in [0.717, 1.165) is 60.7 Å². The van der Waals surface area contributed by atoms with Gasteiger partial charge in [-0.05, 0) is 37.0 Å². The molecule has 2 amide bonds. The minimum absolute atomic E-state index is 0.0808. The van der Waals surface area contributed by atoms with Gasteiger partial charge in [-0.1, -0.05) is 92.8 Å². The van der Waals surface area contributed by atoms with Gasteiger partial charge in [-0.25, -0.2) is 0 Å². The van der Waals surface area contributed by atoms with Gasteiger partial charge in [0.1, 0.15) is 4.32 Å². The molecule has 1 aromatic rings. The zero-order valence-electron chi connectivity index (χ0n) is 18.6. The van der Waals surface area contributed by atoms with E-state index in [9.17, 15) is 9.59 Å². The fraction of sp³-hybridized carbons (Fsp3) is 0.542. The topological polar surface area (TPSA) is 40.6 Å². The number of fused-ring (bicyclic) bond motifs is 1. The van der Waals surface area contributed by atoms with Crippen LogP contribution in [-0.4, -0.2) is 34.1 Å². The Balaban J connectivity index is 1.93. The van der Waals surface area contributed by atoms with Crippen molar-refractivity contribution in [2.75, 3.05) is 18.0 Å². The third-order valence-electron chi connectivity index (χ3n) is 6.02. The van der Waals surface area contributed by atoms with Gasteiger partial charge in [0, 0.05) is 23.1 Å². The van der Waals surface area contributed by atoms with E-state index in [1.807, 2.05) is 23.1 Å². The number of hydrogen-bond acceptors (Lipinski definition) is 4. The van der Waals surface area contributed by atoms with Crippen LogP contribution in [0.5, 0.6) is 0 Å². The molecule has 1 fully saturated rings. The molecule has 3 rings (SSSR count). The molecule has 0 spiro atoms. The molecule has 31 heavy (non-hydrogen) atoms. The van der Waals surface area contributed by atoms with Crippen LogP contribution in [0.1, 0.15) is 71.3 Å². The first kappa shape index (κ1) is 24.5. The third-order valence-corrected chi connectivity index (χ3v) is 7.96. The van der Waals surface area contributed by atoms with Crippen LogP contribution in [0.15, 0.2) is 27.6 Å². The molecule has 2 aliphatic heterocycles. The lowest BCUT2D eigenvalue weighted by Crippen LogP contribution is -2.33. The fourth-order valence-corrected chi connectivity index (χ4v) is 5.85. The molecular formula is C24H31BrN2O2S2. The Hall–Kier alpha value is -1.18. The number of carbonyl (C=O) groups is 2. The molecule has 1 unspecified atom stereocenters. The maximum Gasteiger partial charge on any atom is 0.267 e. The number of thioether (sulfide) groups is 1. The van der Waals surface area contributed by atoms with Crippen LogP contribution in [0.4, 0.5) is 5.69 Å². The zero-order valence-corrected chi connectivity index (χ0v) is 21.8.